The molecule has 0 saturated carbocycles. The number of aliphatic hydroxyl groups is 3. The summed E-state index contributed by atoms with van der Waals surface area (Å²) in [6.45, 7) is 2.35. The van der Waals surface area contributed by atoms with Crippen LogP contribution < -0.4 is 11.1 Å². The average molecular weight is 256 g/mol. The summed E-state index contributed by atoms with van der Waals surface area (Å²) < 4.78 is 0. The summed E-state index contributed by atoms with van der Waals surface area (Å²) >= 11 is 0. The Morgan fingerprint density at radius 2 is 1.72 bits per heavy atom. The number of aryl methyl sites for hydroxylation is 1. The van der Waals surface area contributed by atoms with Crippen molar-refractivity contribution in [2.45, 2.75) is 25.8 Å². The molecule has 0 saturated heterocycles. The van der Waals surface area contributed by atoms with Crippen molar-refractivity contribution in [2.24, 2.45) is 0 Å². The van der Waals surface area contributed by atoms with E-state index in [1.54, 1.807) is 6.92 Å². The molecule has 0 atom stereocenters. The molecule has 1 aromatic heterocycles. The van der Waals surface area contributed by atoms with Crippen LogP contribution in [0.25, 0.3) is 0 Å². The van der Waals surface area contributed by atoms with Crippen molar-refractivity contribution in [1.29, 1.82) is 0 Å². The van der Waals surface area contributed by atoms with E-state index < -0.39 is 25.4 Å². The number of nitrogens with zero attached hydrogens (tertiary/aromatic N) is 2. The third-order valence-corrected chi connectivity index (χ3v) is 2.84. The van der Waals surface area contributed by atoms with Crippen LogP contribution in [-0.2, 0) is 6.42 Å². The zero-order valence-electron chi connectivity index (χ0n) is 10.6. The van der Waals surface area contributed by atoms with Gasteiger partial charge in [0.05, 0.1) is 19.8 Å². The smallest absolute Gasteiger partial charge is 0.135 e. The molecule has 0 fully saturated rings. The van der Waals surface area contributed by atoms with Crippen molar-refractivity contribution in [3.8, 4) is 0 Å². The highest BCUT2D eigenvalue weighted by molar-refractivity contribution is 5.56. The van der Waals surface area contributed by atoms with Crippen molar-refractivity contribution >= 4 is 11.6 Å². The summed E-state index contributed by atoms with van der Waals surface area (Å²) in [5.41, 5.74) is 5.15. The van der Waals surface area contributed by atoms with Crippen LogP contribution in [-0.4, -0.2) is 50.6 Å². The number of nitrogens with two attached hydrogens (primary N) is 1. The van der Waals surface area contributed by atoms with Gasteiger partial charge in [0.1, 0.15) is 23.0 Å². The Bertz CT molecular complexity index is 399. The fraction of sp³-hybridized carbons (Fsp3) is 0.636. The maximum absolute atomic E-state index is 9.27. The number of rotatable bonds is 6. The first kappa shape index (κ1) is 14.6. The highest BCUT2D eigenvalue weighted by atomic mass is 16.3. The molecule has 1 rings (SSSR count). The van der Waals surface area contributed by atoms with Crippen molar-refractivity contribution in [3.05, 3.63) is 11.4 Å². The molecule has 7 nitrogen and oxygen atoms in total. The Labute approximate surface area is 106 Å². The van der Waals surface area contributed by atoms with Crippen LogP contribution in [0.15, 0.2) is 0 Å². The normalized spacial score (nSPS) is 11.6. The lowest BCUT2D eigenvalue weighted by Gasteiger charge is -2.30. The minimum atomic E-state index is -1.23. The quantitative estimate of drug-likeness (QED) is 0.444. The van der Waals surface area contributed by atoms with Gasteiger partial charge in [0.25, 0.3) is 0 Å². The molecule has 0 aliphatic carbocycles. The van der Waals surface area contributed by atoms with Gasteiger partial charge in [-0.25, -0.2) is 9.97 Å². The molecule has 7 heteroatoms. The minimum Gasteiger partial charge on any atom is -0.394 e. The molecule has 0 aromatic carbocycles. The summed E-state index contributed by atoms with van der Waals surface area (Å²) in [6.07, 6.45) is 0.615. The van der Waals surface area contributed by atoms with E-state index in [9.17, 15) is 15.3 Å². The van der Waals surface area contributed by atoms with E-state index in [0.29, 0.717) is 29.4 Å². The largest absolute Gasteiger partial charge is 0.394 e. The van der Waals surface area contributed by atoms with E-state index in [4.69, 9.17) is 5.73 Å². The number of nitrogens with one attached hydrogen (secondary N) is 1. The standard InChI is InChI=1S/C11H20N4O3/c1-3-8-13-9(12)7(2)10(14-8)15-11(4-16,5-17)6-18/h16-18H,3-6H2,1-2H3,(H3,12,13,14,15). The predicted molar refractivity (Wildman–Crippen MR) is 68.2 cm³/mol. The molecular weight excluding hydrogens is 236 g/mol. The molecule has 0 amide bonds. The zero-order valence-corrected chi connectivity index (χ0v) is 10.6. The van der Waals surface area contributed by atoms with Gasteiger partial charge in [0, 0.05) is 12.0 Å². The first-order valence-electron chi connectivity index (χ1n) is 5.75. The Hall–Kier alpha value is -1.44. The first-order valence-corrected chi connectivity index (χ1v) is 5.75. The van der Waals surface area contributed by atoms with Crippen LogP contribution in [0.5, 0.6) is 0 Å². The molecule has 0 spiro atoms. The maximum Gasteiger partial charge on any atom is 0.135 e. The van der Waals surface area contributed by atoms with E-state index >= 15 is 0 Å². The molecule has 0 aliphatic heterocycles. The molecular formula is C11H20N4O3. The monoisotopic (exact) mass is 256 g/mol. The Balaban J connectivity index is 3.13. The fourth-order valence-electron chi connectivity index (χ4n) is 1.38. The molecule has 1 aromatic rings. The Kier molecular flexibility index (Phi) is 4.83. The topological polar surface area (TPSA) is 125 Å². The summed E-state index contributed by atoms with van der Waals surface area (Å²) in [4.78, 5) is 8.34. The number of hydrogen-bond acceptors (Lipinski definition) is 7. The van der Waals surface area contributed by atoms with Gasteiger partial charge >= 0.3 is 0 Å². The van der Waals surface area contributed by atoms with E-state index in [1.165, 1.54) is 0 Å². The van der Waals surface area contributed by atoms with Gasteiger partial charge in [-0.05, 0) is 6.92 Å². The molecule has 0 unspecified atom stereocenters. The van der Waals surface area contributed by atoms with Crippen molar-refractivity contribution in [1.82, 2.24) is 9.97 Å². The number of aliphatic hydroxyl groups excluding tert-OH is 3. The second-order valence-corrected chi connectivity index (χ2v) is 4.23. The van der Waals surface area contributed by atoms with Gasteiger partial charge in [0.2, 0.25) is 0 Å². The number of hydrogen-bond donors (Lipinski definition) is 5. The van der Waals surface area contributed by atoms with E-state index in [1.807, 2.05) is 6.92 Å². The predicted octanol–water partition coefficient (Wildman–Crippen LogP) is -0.943. The zero-order chi connectivity index (χ0) is 13.8. The second-order valence-electron chi connectivity index (χ2n) is 4.23. The average Bonchev–Trinajstić information content (AvgIpc) is 2.40. The van der Waals surface area contributed by atoms with Crippen molar-refractivity contribution < 1.29 is 15.3 Å². The SMILES string of the molecule is CCc1nc(N)c(C)c(NC(CO)(CO)CO)n1. The van der Waals surface area contributed by atoms with Crippen molar-refractivity contribution in [3.63, 3.8) is 0 Å². The second kappa shape index (κ2) is 5.94. The highest BCUT2D eigenvalue weighted by Crippen LogP contribution is 2.21. The van der Waals surface area contributed by atoms with Crippen LogP contribution >= 0.6 is 0 Å². The van der Waals surface area contributed by atoms with E-state index in [-0.39, 0.29) is 0 Å². The van der Waals surface area contributed by atoms with Gasteiger partial charge in [-0.15, -0.1) is 0 Å². The highest BCUT2D eigenvalue weighted by Gasteiger charge is 2.29. The maximum atomic E-state index is 9.27. The molecule has 0 aliphatic rings. The fourth-order valence-corrected chi connectivity index (χ4v) is 1.38. The van der Waals surface area contributed by atoms with Gasteiger partial charge in [-0.2, -0.15) is 0 Å². The summed E-state index contributed by atoms with van der Waals surface area (Å²) in [6, 6.07) is 0. The molecule has 1 heterocycles. The van der Waals surface area contributed by atoms with Gasteiger partial charge in [-0.1, -0.05) is 6.92 Å². The number of anilines is 2. The summed E-state index contributed by atoms with van der Waals surface area (Å²) in [7, 11) is 0. The lowest BCUT2D eigenvalue weighted by molar-refractivity contribution is 0.0830. The van der Waals surface area contributed by atoms with Gasteiger partial charge < -0.3 is 26.4 Å². The third kappa shape index (κ3) is 2.87. The van der Waals surface area contributed by atoms with E-state index in [0.717, 1.165) is 0 Å². The first-order chi connectivity index (χ1) is 8.51. The number of nitrogen functional groups attached to an aromatic ring is 1. The Morgan fingerprint density at radius 3 is 2.17 bits per heavy atom. The van der Waals surface area contributed by atoms with Crippen LogP contribution in [0.1, 0.15) is 18.3 Å². The van der Waals surface area contributed by atoms with Crippen LogP contribution in [0, 0.1) is 6.92 Å². The molecule has 6 N–H and O–H groups in total. The van der Waals surface area contributed by atoms with Crippen LogP contribution in [0.4, 0.5) is 11.6 Å². The minimum absolute atomic E-state index is 0.340. The summed E-state index contributed by atoms with van der Waals surface area (Å²) in [5.74, 6) is 1.31. The third-order valence-electron chi connectivity index (χ3n) is 2.84. The van der Waals surface area contributed by atoms with Gasteiger partial charge in [0.15, 0.2) is 0 Å². The molecule has 18 heavy (non-hydrogen) atoms. The lowest BCUT2D eigenvalue weighted by Crippen LogP contribution is -2.49. The molecule has 0 bridgehead atoms. The molecule has 102 valence electrons. The Morgan fingerprint density at radius 1 is 1.17 bits per heavy atom. The van der Waals surface area contributed by atoms with E-state index in [2.05, 4.69) is 15.3 Å². The molecule has 0 radical (unpaired) electrons. The van der Waals surface area contributed by atoms with Gasteiger partial charge in [-0.3, -0.25) is 0 Å². The lowest BCUT2D eigenvalue weighted by atomic mass is 10.0. The van der Waals surface area contributed by atoms with Crippen molar-refractivity contribution in [2.75, 3.05) is 30.9 Å². The summed E-state index contributed by atoms with van der Waals surface area (Å²) in [5, 5.41) is 30.6. The van der Waals surface area contributed by atoms with Crippen LogP contribution in [0.2, 0.25) is 0 Å². The number of aromatic nitrogens is 2. The van der Waals surface area contributed by atoms with Crippen LogP contribution in [0.3, 0.4) is 0 Å².